The van der Waals surface area contributed by atoms with E-state index in [1.807, 2.05) is 24.3 Å². The molecule has 1 aliphatic heterocycles. The van der Waals surface area contributed by atoms with E-state index in [9.17, 15) is 8.42 Å². The third-order valence-corrected chi connectivity index (χ3v) is 6.44. The summed E-state index contributed by atoms with van der Waals surface area (Å²) in [5.41, 5.74) is 1.07. The Morgan fingerprint density at radius 1 is 1.08 bits per heavy atom. The highest BCUT2D eigenvalue weighted by atomic mass is 32.2. The first-order valence-electron chi connectivity index (χ1n) is 9.39. The van der Waals surface area contributed by atoms with E-state index in [0.717, 1.165) is 24.3 Å². The molecule has 1 fully saturated rings. The van der Waals surface area contributed by atoms with Crippen molar-refractivity contribution in [1.82, 2.24) is 4.31 Å². The maximum Gasteiger partial charge on any atom is 0.215 e. The van der Waals surface area contributed by atoms with Crippen LogP contribution in [-0.4, -0.2) is 51.8 Å². The Morgan fingerprint density at radius 2 is 1.81 bits per heavy atom. The van der Waals surface area contributed by atoms with E-state index in [4.69, 9.17) is 4.74 Å². The number of hydrogen-bond acceptors (Lipinski definition) is 4. The van der Waals surface area contributed by atoms with Gasteiger partial charge in [-0.25, -0.2) is 8.42 Å². The number of anilines is 1. The van der Waals surface area contributed by atoms with Gasteiger partial charge in [-0.2, -0.15) is 4.31 Å². The molecule has 5 nitrogen and oxygen atoms in total. The van der Waals surface area contributed by atoms with Gasteiger partial charge in [0, 0.05) is 50.8 Å². The maximum atomic E-state index is 12.5. The molecule has 0 bridgehead atoms. The first-order chi connectivity index (χ1) is 12.6. The zero-order valence-electron chi connectivity index (χ0n) is 15.9. The molecule has 0 unspecified atom stereocenters. The monoisotopic (exact) mass is 378 g/mol. The first-order valence-corrected chi connectivity index (χ1v) is 11.0. The second-order valence-electron chi connectivity index (χ2n) is 6.46. The maximum absolute atomic E-state index is 12.5. The summed E-state index contributed by atoms with van der Waals surface area (Å²) in [4.78, 5) is 2.20. The van der Waals surface area contributed by atoms with Crippen molar-refractivity contribution >= 4 is 15.7 Å². The molecule has 1 heterocycles. The molecule has 0 amide bonds. The summed E-state index contributed by atoms with van der Waals surface area (Å²) in [7, 11) is -1.57. The molecule has 0 atom stereocenters. The van der Waals surface area contributed by atoms with Crippen LogP contribution >= 0.6 is 0 Å². The number of hydrogen-bond donors (Lipinski definition) is 0. The fourth-order valence-electron chi connectivity index (χ4n) is 2.98. The summed E-state index contributed by atoms with van der Waals surface area (Å²) in [5.74, 6) is 7.02. The van der Waals surface area contributed by atoms with Gasteiger partial charge in [-0.05, 0) is 18.6 Å². The normalized spacial score (nSPS) is 15.4. The van der Waals surface area contributed by atoms with Crippen molar-refractivity contribution in [2.45, 2.75) is 39.0 Å². The molecule has 1 aromatic carbocycles. The number of rotatable bonds is 8. The Bertz CT molecular complexity index is 714. The van der Waals surface area contributed by atoms with Crippen LogP contribution in [0.4, 0.5) is 5.69 Å². The lowest BCUT2D eigenvalue weighted by atomic mass is 10.2. The molecule has 0 spiro atoms. The average molecular weight is 379 g/mol. The van der Waals surface area contributed by atoms with Crippen LogP contribution in [-0.2, 0) is 10.0 Å². The van der Waals surface area contributed by atoms with Gasteiger partial charge in [0.2, 0.25) is 10.0 Å². The third kappa shape index (κ3) is 6.22. The van der Waals surface area contributed by atoms with Crippen molar-refractivity contribution < 1.29 is 13.2 Å². The van der Waals surface area contributed by atoms with E-state index in [1.165, 1.54) is 12.8 Å². The van der Waals surface area contributed by atoms with Crippen molar-refractivity contribution in [1.29, 1.82) is 0 Å². The third-order valence-electron chi connectivity index (χ3n) is 4.57. The molecule has 1 aliphatic rings. The van der Waals surface area contributed by atoms with Crippen LogP contribution in [0.2, 0.25) is 0 Å². The lowest BCUT2D eigenvalue weighted by Crippen LogP contribution is -2.49. The molecule has 0 radical (unpaired) electrons. The van der Waals surface area contributed by atoms with E-state index in [0.29, 0.717) is 32.6 Å². The van der Waals surface area contributed by atoms with Crippen molar-refractivity contribution in [3.8, 4) is 17.6 Å². The Kier molecular flexibility index (Phi) is 8.27. The summed E-state index contributed by atoms with van der Waals surface area (Å²) >= 11 is 0. The Balaban J connectivity index is 1.80. The molecule has 0 aliphatic carbocycles. The second-order valence-corrected chi connectivity index (χ2v) is 8.55. The molecule has 2 rings (SSSR count). The van der Waals surface area contributed by atoms with E-state index >= 15 is 0 Å². The molecular weight excluding hydrogens is 348 g/mol. The summed E-state index contributed by atoms with van der Waals surface area (Å²) in [5, 5.41) is 0. The average Bonchev–Trinajstić information content (AvgIpc) is 2.67. The molecule has 1 aromatic rings. The fraction of sp³-hybridized carbons (Fsp3) is 0.600. The molecule has 144 valence electrons. The Labute approximate surface area is 158 Å². The van der Waals surface area contributed by atoms with Gasteiger partial charge in [-0.15, -0.1) is 11.8 Å². The fourth-order valence-corrected chi connectivity index (χ4v) is 4.32. The molecule has 0 saturated carbocycles. The smallest absolute Gasteiger partial charge is 0.215 e. The van der Waals surface area contributed by atoms with Crippen molar-refractivity contribution in [2.24, 2.45) is 0 Å². The van der Waals surface area contributed by atoms with Crippen LogP contribution in [0, 0.1) is 11.8 Å². The second kappa shape index (κ2) is 10.4. The van der Waals surface area contributed by atoms with Gasteiger partial charge in [0.25, 0.3) is 0 Å². The van der Waals surface area contributed by atoms with Crippen LogP contribution < -0.4 is 9.64 Å². The zero-order chi connectivity index (χ0) is 18.8. The highest BCUT2D eigenvalue weighted by molar-refractivity contribution is 7.89. The molecule has 6 heteroatoms. The van der Waals surface area contributed by atoms with Crippen molar-refractivity contribution in [3.63, 3.8) is 0 Å². The highest BCUT2D eigenvalue weighted by Crippen LogP contribution is 2.22. The number of benzene rings is 1. The molecule has 26 heavy (non-hydrogen) atoms. The summed E-state index contributed by atoms with van der Waals surface area (Å²) in [6, 6.07) is 7.88. The topological polar surface area (TPSA) is 49.9 Å². The lowest BCUT2D eigenvalue weighted by molar-refractivity contribution is 0.384. The SMILES string of the molecule is CCCCCC#CCCS(=O)(=O)N1CCN(c2cccc(OC)c2)CC1. The zero-order valence-corrected chi connectivity index (χ0v) is 16.7. The predicted octanol–water partition coefficient (Wildman–Crippen LogP) is 3.12. The number of piperazine rings is 1. The quantitative estimate of drug-likeness (QED) is 0.515. The van der Waals surface area contributed by atoms with Gasteiger partial charge in [-0.1, -0.05) is 25.8 Å². The van der Waals surface area contributed by atoms with Crippen LogP contribution in [0.3, 0.4) is 0 Å². The van der Waals surface area contributed by atoms with Crippen LogP contribution in [0.5, 0.6) is 5.75 Å². The first kappa shape index (κ1) is 20.6. The standard InChI is InChI=1S/C20H30N2O3S/c1-3-4-5-6-7-8-9-17-26(23,24)22-15-13-21(14-16-22)19-11-10-12-20(18-19)25-2/h10-12,18H,3-6,9,13-17H2,1-2H3. The number of ether oxygens (including phenoxy) is 1. The number of unbranched alkanes of at least 4 members (excludes halogenated alkanes) is 3. The minimum absolute atomic E-state index is 0.118. The van der Waals surface area contributed by atoms with Gasteiger partial charge in [0.15, 0.2) is 0 Å². The van der Waals surface area contributed by atoms with Gasteiger partial charge in [0.05, 0.1) is 12.9 Å². The highest BCUT2D eigenvalue weighted by Gasteiger charge is 2.26. The number of methoxy groups -OCH3 is 1. The Hall–Kier alpha value is -1.71. The van der Waals surface area contributed by atoms with E-state index in [-0.39, 0.29) is 5.75 Å². The van der Waals surface area contributed by atoms with Crippen molar-refractivity contribution in [3.05, 3.63) is 24.3 Å². The van der Waals surface area contributed by atoms with Crippen LogP contribution in [0.25, 0.3) is 0 Å². The lowest BCUT2D eigenvalue weighted by Gasteiger charge is -2.35. The predicted molar refractivity (Wildman–Crippen MR) is 107 cm³/mol. The van der Waals surface area contributed by atoms with Crippen LogP contribution in [0.15, 0.2) is 24.3 Å². The summed E-state index contributed by atoms with van der Waals surface area (Å²) in [6.45, 7) is 4.57. The van der Waals surface area contributed by atoms with Gasteiger partial charge in [-0.3, -0.25) is 0 Å². The number of nitrogens with zero attached hydrogens (tertiary/aromatic N) is 2. The Morgan fingerprint density at radius 3 is 2.50 bits per heavy atom. The molecule has 0 aromatic heterocycles. The van der Waals surface area contributed by atoms with Crippen molar-refractivity contribution in [2.75, 3.05) is 43.9 Å². The number of sulfonamides is 1. The minimum Gasteiger partial charge on any atom is -0.497 e. The minimum atomic E-state index is -3.22. The van der Waals surface area contributed by atoms with Gasteiger partial charge >= 0.3 is 0 Å². The van der Waals surface area contributed by atoms with E-state index in [1.54, 1.807) is 11.4 Å². The van der Waals surface area contributed by atoms with Gasteiger partial charge in [0.1, 0.15) is 5.75 Å². The molecular formula is C20H30N2O3S. The molecule has 0 N–H and O–H groups in total. The van der Waals surface area contributed by atoms with E-state index < -0.39 is 10.0 Å². The molecule has 1 saturated heterocycles. The summed E-state index contributed by atoms with van der Waals surface area (Å²) < 4.78 is 31.8. The van der Waals surface area contributed by atoms with Crippen LogP contribution in [0.1, 0.15) is 39.0 Å². The largest absolute Gasteiger partial charge is 0.497 e. The van der Waals surface area contributed by atoms with Gasteiger partial charge < -0.3 is 9.64 Å². The summed E-state index contributed by atoms with van der Waals surface area (Å²) in [6.07, 6.45) is 4.75. The van der Waals surface area contributed by atoms with E-state index in [2.05, 4.69) is 23.7 Å².